The number of nitrogens with one attached hydrogen (secondary N) is 1. The Morgan fingerprint density at radius 3 is 3.00 bits per heavy atom. The maximum Gasteiger partial charge on any atom is 0.234 e. The van der Waals surface area contributed by atoms with Crippen molar-refractivity contribution >= 4 is 23.4 Å². The average Bonchev–Trinajstić information content (AvgIpc) is 2.72. The Bertz CT molecular complexity index is 553. The number of carbonyl (C=O) groups excluding carboxylic acids is 1. The molecule has 1 aromatic carbocycles. The highest BCUT2D eigenvalue weighted by atomic mass is 32.2. The number of hydrogen-bond donors (Lipinski definition) is 1. The number of amides is 1. The SMILES string of the molecule is Cc1cccc(NC(=O)CSc2nncn2C)c1. The van der Waals surface area contributed by atoms with Gasteiger partial charge < -0.3 is 9.88 Å². The molecule has 6 heteroatoms. The van der Waals surface area contributed by atoms with E-state index in [4.69, 9.17) is 0 Å². The van der Waals surface area contributed by atoms with Crippen LogP contribution in [0, 0.1) is 6.92 Å². The molecule has 0 aliphatic rings. The lowest BCUT2D eigenvalue weighted by Crippen LogP contribution is -2.14. The summed E-state index contributed by atoms with van der Waals surface area (Å²) in [5.41, 5.74) is 1.94. The fourth-order valence-corrected chi connectivity index (χ4v) is 2.14. The summed E-state index contributed by atoms with van der Waals surface area (Å²) in [7, 11) is 1.85. The number of benzene rings is 1. The summed E-state index contributed by atoms with van der Waals surface area (Å²) in [5, 5.41) is 11.2. The van der Waals surface area contributed by atoms with Gasteiger partial charge in [-0.05, 0) is 24.6 Å². The maximum atomic E-state index is 11.7. The van der Waals surface area contributed by atoms with Crippen molar-refractivity contribution in [1.29, 1.82) is 0 Å². The van der Waals surface area contributed by atoms with E-state index in [-0.39, 0.29) is 5.91 Å². The number of aryl methyl sites for hydroxylation is 2. The Balaban J connectivity index is 1.88. The van der Waals surface area contributed by atoms with Crippen LogP contribution in [0.1, 0.15) is 5.56 Å². The van der Waals surface area contributed by atoms with E-state index in [0.717, 1.165) is 16.4 Å². The van der Waals surface area contributed by atoms with Gasteiger partial charge in [-0.15, -0.1) is 10.2 Å². The third kappa shape index (κ3) is 3.33. The van der Waals surface area contributed by atoms with Crippen LogP contribution in [0.25, 0.3) is 0 Å². The van der Waals surface area contributed by atoms with Crippen molar-refractivity contribution in [3.8, 4) is 0 Å². The topological polar surface area (TPSA) is 59.8 Å². The van der Waals surface area contributed by atoms with E-state index < -0.39 is 0 Å². The molecule has 0 atom stereocenters. The fourth-order valence-electron chi connectivity index (χ4n) is 1.45. The van der Waals surface area contributed by atoms with Gasteiger partial charge in [0.25, 0.3) is 0 Å². The molecule has 0 radical (unpaired) electrons. The zero-order chi connectivity index (χ0) is 13.0. The third-order valence-electron chi connectivity index (χ3n) is 2.30. The molecule has 1 aromatic heterocycles. The van der Waals surface area contributed by atoms with E-state index in [1.54, 1.807) is 10.9 Å². The van der Waals surface area contributed by atoms with E-state index in [9.17, 15) is 4.79 Å². The Morgan fingerprint density at radius 1 is 1.50 bits per heavy atom. The highest BCUT2D eigenvalue weighted by molar-refractivity contribution is 7.99. The summed E-state index contributed by atoms with van der Waals surface area (Å²) in [6.07, 6.45) is 1.61. The first-order valence-corrected chi connectivity index (χ1v) is 6.47. The predicted molar refractivity (Wildman–Crippen MR) is 71.5 cm³/mol. The lowest BCUT2D eigenvalue weighted by atomic mass is 10.2. The second kappa shape index (κ2) is 5.68. The normalized spacial score (nSPS) is 10.3. The third-order valence-corrected chi connectivity index (χ3v) is 3.34. The second-order valence-corrected chi connectivity index (χ2v) is 4.87. The summed E-state index contributed by atoms with van der Waals surface area (Å²) in [6.45, 7) is 1.99. The highest BCUT2D eigenvalue weighted by Gasteiger charge is 2.07. The molecule has 0 fully saturated rings. The van der Waals surface area contributed by atoms with Gasteiger partial charge in [-0.1, -0.05) is 23.9 Å². The molecule has 0 aliphatic heterocycles. The van der Waals surface area contributed by atoms with Crippen molar-refractivity contribution in [1.82, 2.24) is 14.8 Å². The van der Waals surface area contributed by atoms with Crippen molar-refractivity contribution in [3.63, 3.8) is 0 Å². The number of aromatic nitrogens is 3. The number of nitrogens with zero attached hydrogens (tertiary/aromatic N) is 3. The maximum absolute atomic E-state index is 11.7. The van der Waals surface area contributed by atoms with Gasteiger partial charge in [0.05, 0.1) is 5.75 Å². The Hall–Kier alpha value is -1.82. The zero-order valence-electron chi connectivity index (χ0n) is 10.3. The van der Waals surface area contributed by atoms with E-state index in [1.165, 1.54) is 11.8 Å². The quantitative estimate of drug-likeness (QED) is 0.854. The molecule has 0 bridgehead atoms. The molecule has 94 valence electrons. The van der Waals surface area contributed by atoms with Crippen LogP contribution in [0.4, 0.5) is 5.69 Å². The molecule has 1 heterocycles. The van der Waals surface area contributed by atoms with Crippen LogP contribution < -0.4 is 5.32 Å². The molecule has 0 spiro atoms. The van der Waals surface area contributed by atoms with Gasteiger partial charge in [0.2, 0.25) is 5.91 Å². The number of anilines is 1. The van der Waals surface area contributed by atoms with E-state index in [2.05, 4.69) is 15.5 Å². The standard InChI is InChI=1S/C12H14N4OS/c1-9-4-3-5-10(6-9)14-11(17)7-18-12-15-13-8-16(12)2/h3-6,8H,7H2,1-2H3,(H,14,17). The first-order valence-electron chi connectivity index (χ1n) is 5.48. The summed E-state index contributed by atoms with van der Waals surface area (Å²) in [6, 6.07) is 7.72. The van der Waals surface area contributed by atoms with Crippen LogP contribution in [0.15, 0.2) is 35.7 Å². The summed E-state index contributed by atoms with van der Waals surface area (Å²) >= 11 is 1.36. The minimum atomic E-state index is -0.0476. The van der Waals surface area contributed by atoms with Crippen molar-refractivity contribution in [2.45, 2.75) is 12.1 Å². The number of carbonyl (C=O) groups is 1. The molecule has 0 saturated heterocycles. The minimum Gasteiger partial charge on any atom is -0.325 e. The Kier molecular flexibility index (Phi) is 3.99. The Morgan fingerprint density at radius 2 is 2.33 bits per heavy atom. The van der Waals surface area contributed by atoms with Gasteiger partial charge >= 0.3 is 0 Å². The molecule has 0 aliphatic carbocycles. The summed E-state index contributed by atoms with van der Waals surface area (Å²) < 4.78 is 1.78. The predicted octanol–water partition coefficient (Wildman–Crippen LogP) is 1.85. The number of hydrogen-bond acceptors (Lipinski definition) is 4. The van der Waals surface area contributed by atoms with Crippen LogP contribution in [0.3, 0.4) is 0 Å². The largest absolute Gasteiger partial charge is 0.325 e. The van der Waals surface area contributed by atoms with E-state index in [0.29, 0.717) is 5.75 Å². The highest BCUT2D eigenvalue weighted by Crippen LogP contribution is 2.14. The molecule has 0 saturated carbocycles. The molecule has 2 rings (SSSR count). The lowest BCUT2D eigenvalue weighted by Gasteiger charge is -2.05. The monoisotopic (exact) mass is 262 g/mol. The van der Waals surface area contributed by atoms with Crippen LogP contribution in [0.5, 0.6) is 0 Å². The van der Waals surface area contributed by atoms with Crippen LogP contribution >= 0.6 is 11.8 Å². The van der Waals surface area contributed by atoms with Gasteiger partial charge in [-0.3, -0.25) is 4.79 Å². The van der Waals surface area contributed by atoms with Gasteiger partial charge in [0.15, 0.2) is 5.16 Å². The van der Waals surface area contributed by atoms with Gasteiger partial charge in [0, 0.05) is 12.7 Å². The van der Waals surface area contributed by atoms with Gasteiger partial charge in [-0.2, -0.15) is 0 Å². The second-order valence-electron chi connectivity index (χ2n) is 3.93. The van der Waals surface area contributed by atoms with Crippen LogP contribution in [0.2, 0.25) is 0 Å². The first kappa shape index (κ1) is 12.6. The summed E-state index contributed by atoms with van der Waals surface area (Å²) in [4.78, 5) is 11.7. The lowest BCUT2D eigenvalue weighted by molar-refractivity contribution is -0.113. The minimum absolute atomic E-state index is 0.0476. The van der Waals surface area contributed by atoms with Crippen molar-refractivity contribution < 1.29 is 4.79 Å². The van der Waals surface area contributed by atoms with E-state index in [1.807, 2.05) is 38.2 Å². The van der Waals surface area contributed by atoms with Crippen LogP contribution in [-0.4, -0.2) is 26.4 Å². The molecule has 0 unspecified atom stereocenters. The number of rotatable bonds is 4. The molecule has 2 aromatic rings. The average molecular weight is 262 g/mol. The van der Waals surface area contributed by atoms with Crippen LogP contribution in [-0.2, 0) is 11.8 Å². The number of thioether (sulfide) groups is 1. The first-order chi connectivity index (χ1) is 8.65. The smallest absolute Gasteiger partial charge is 0.234 e. The molecular weight excluding hydrogens is 248 g/mol. The fraction of sp³-hybridized carbons (Fsp3) is 0.250. The van der Waals surface area contributed by atoms with Gasteiger partial charge in [0.1, 0.15) is 6.33 Å². The molecule has 18 heavy (non-hydrogen) atoms. The van der Waals surface area contributed by atoms with E-state index >= 15 is 0 Å². The summed E-state index contributed by atoms with van der Waals surface area (Å²) in [5.74, 6) is 0.272. The van der Waals surface area contributed by atoms with Crippen molar-refractivity contribution in [2.24, 2.45) is 7.05 Å². The molecule has 1 amide bonds. The van der Waals surface area contributed by atoms with Crippen molar-refractivity contribution in [2.75, 3.05) is 11.1 Å². The molecule has 5 nitrogen and oxygen atoms in total. The molecular formula is C12H14N4OS. The van der Waals surface area contributed by atoms with Gasteiger partial charge in [-0.25, -0.2) is 0 Å². The van der Waals surface area contributed by atoms with Crippen molar-refractivity contribution in [3.05, 3.63) is 36.2 Å². The Labute approximate surface area is 110 Å². The molecule has 1 N–H and O–H groups in total. The zero-order valence-corrected chi connectivity index (χ0v) is 11.1.